The van der Waals surface area contributed by atoms with Gasteiger partial charge < -0.3 is 10.5 Å². The van der Waals surface area contributed by atoms with E-state index in [0.29, 0.717) is 6.42 Å². The molecule has 0 saturated carbocycles. The van der Waals surface area contributed by atoms with Crippen LogP contribution in [-0.2, 0) is 9.84 Å². The predicted molar refractivity (Wildman–Crippen MR) is 77.4 cm³/mol. The zero-order valence-electron chi connectivity index (χ0n) is 11.6. The highest BCUT2D eigenvalue weighted by Crippen LogP contribution is 2.32. The van der Waals surface area contributed by atoms with Crippen molar-refractivity contribution in [2.75, 3.05) is 17.2 Å². The minimum Gasteiger partial charge on any atom is -0.489 e. The molecule has 5 heteroatoms. The van der Waals surface area contributed by atoms with Crippen LogP contribution in [0.15, 0.2) is 12.1 Å². The van der Waals surface area contributed by atoms with Gasteiger partial charge in [0, 0.05) is 5.69 Å². The largest absolute Gasteiger partial charge is 0.489 e. The van der Waals surface area contributed by atoms with Gasteiger partial charge in [-0.1, -0.05) is 13.8 Å². The van der Waals surface area contributed by atoms with Crippen LogP contribution in [0.5, 0.6) is 5.75 Å². The van der Waals surface area contributed by atoms with Crippen molar-refractivity contribution in [3.8, 4) is 5.75 Å². The molecular formula is C14H21NO3S. The third-order valence-corrected chi connectivity index (χ3v) is 5.24. The number of sulfone groups is 1. The molecule has 0 bridgehead atoms. The second kappa shape index (κ2) is 5.04. The van der Waals surface area contributed by atoms with Gasteiger partial charge >= 0.3 is 0 Å². The third kappa shape index (κ3) is 3.21. The lowest BCUT2D eigenvalue weighted by Gasteiger charge is -2.19. The van der Waals surface area contributed by atoms with E-state index >= 15 is 0 Å². The molecule has 4 nitrogen and oxygen atoms in total. The van der Waals surface area contributed by atoms with Gasteiger partial charge in [-0.25, -0.2) is 8.42 Å². The number of hydrogen-bond donors (Lipinski definition) is 1. The number of benzene rings is 1. The first-order chi connectivity index (χ1) is 8.78. The van der Waals surface area contributed by atoms with Gasteiger partial charge in [0.25, 0.3) is 0 Å². The van der Waals surface area contributed by atoms with E-state index in [-0.39, 0.29) is 23.5 Å². The lowest BCUT2D eigenvalue weighted by molar-refractivity contribution is 0.226. The maximum atomic E-state index is 11.5. The van der Waals surface area contributed by atoms with Gasteiger partial charge in [-0.05, 0) is 42.5 Å². The fourth-order valence-electron chi connectivity index (χ4n) is 2.30. The van der Waals surface area contributed by atoms with E-state index < -0.39 is 9.84 Å². The minimum atomic E-state index is -2.92. The number of rotatable bonds is 3. The number of nitrogens with two attached hydrogens (primary N) is 1. The predicted octanol–water partition coefficient (Wildman–Crippen LogP) is 2.27. The Balaban J connectivity index is 2.27. The zero-order chi connectivity index (χ0) is 14.2. The first kappa shape index (κ1) is 14.2. The molecule has 0 radical (unpaired) electrons. The Morgan fingerprint density at radius 2 is 2.05 bits per heavy atom. The number of ether oxygens (including phenoxy) is 1. The van der Waals surface area contributed by atoms with Crippen molar-refractivity contribution in [1.82, 2.24) is 0 Å². The maximum Gasteiger partial charge on any atom is 0.154 e. The highest BCUT2D eigenvalue weighted by molar-refractivity contribution is 7.91. The molecule has 1 aliphatic heterocycles. The number of hydrogen-bond acceptors (Lipinski definition) is 4. The molecule has 1 saturated heterocycles. The molecule has 2 rings (SSSR count). The van der Waals surface area contributed by atoms with Crippen LogP contribution in [0.1, 0.15) is 37.3 Å². The lowest BCUT2D eigenvalue weighted by atomic mass is 9.99. The lowest BCUT2D eigenvalue weighted by Crippen LogP contribution is -2.19. The van der Waals surface area contributed by atoms with Gasteiger partial charge in [0.1, 0.15) is 11.9 Å². The minimum absolute atomic E-state index is 0.119. The van der Waals surface area contributed by atoms with E-state index in [1.165, 1.54) is 0 Å². The van der Waals surface area contributed by atoms with Crippen LogP contribution < -0.4 is 10.5 Å². The number of nitrogen functional groups attached to an aromatic ring is 1. The average molecular weight is 283 g/mol. The maximum absolute atomic E-state index is 11.5. The molecular weight excluding hydrogens is 262 g/mol. The second-order valence-electron chi connectivity index (χ2n) is 5.54. The highest BCUT2D eigenvalue weighted by atomic mass is 32.2. The number of anilines is 1. The van der Waals surface area contributed by atoms with Crippen LogP contribution in [0.4, 0.5) is 5.69 Å². The normalized spacial score (nSPS) is 21.8. The molecule has 1 heterocycles. The van der Waals surface area contributed by atoms with E-state index in [0.717, 1.165) is 22.6 Å². The first-order valence-electron chi connectivity index (χ1n) is 6.55. The van der Waals surface area contributed by atoms with E-state index in [1.807, 2.05) is 19.1 Å². The van der Waals surface area contributed by atoms with Crippen molar-refractivity contribution in [2.24, 2.45) is 0 Å². The Bertz CT molecular complexity index is 579. The smallest absolute Gasteiger partial charge is 0.154 e. The summed E-state index contributed by atoms with van der Waals surface area (Å²) in [5.41, 5.74) is 8.67. The molecule has 0 aromatic heterocycles. The summed E-state index contributed by atoms with van der Waals surface area (Å²) in [6.07, 6.45) is 0.342. The van der Waals surface area contributed by atoms with Crippen molar-refractivity contribution in [1.29, 1.82) is 0 Å². The average Bonchev–Trinajstić information content (AvgIpc) is 2.62. The molecule has 106 valence electrons. The van der Waals surface area contributed by atoms with Crippen LogP contribution in [0.2, 0.25) is 0 Å². The molecule has 2 N–H and O–H groups in total. The van der Waals surface area contributed by atoms with E-state index in [1.54, 1.807) is 0 Å². The van der Waals surface area contributed by atoms with Gasteiger partial charge in [0.05, 0.1) is 11.5 Å². The van der Waals surface area contributed by atoms with Gasteiger partial charge in [0.2, 0.25) is 0 Å². The molecule has 19 heavy (non-hydrogen) atoms. The van der Waals surface area contributed by atoms with Crippen LogP contribution in [-0.4, -0.2) is 26.0 Å². The molecule has 0 aliphatic carbocycles. The second-order valence-corrected chi connectivity index (χ2v) is 7.77. The summed E-state index contributed by atoms with van der Waals surface area (Å²) in [4.78, 5) is 0. The molecule has 1 aromatic carbocycles. The highest BCUT2D eigenvalue weighted by Gasteiger charge is 2.30. The summed E-state index contributed by atoms with van der Waals surface area (Å²) >= 11 is 0. The Morgan fingerprint density at radius 3 is 2.58 bits per heavy atom. The standard InChI is InChI=1S/C14H21NO3S/c1-9(2)12-7-13(15)10(3)6-14(12)18-11-4-5-19(16,17)8-11/h6-7,9,11H,4-5,8,15H2,1-3H3. The summed E-state index contributed by atoms with van der Waals surface area (Å²) in [5.74, 6) is 1.40. The topological polar surface area (TPSA) is 69.4 Å². The molecule has 1 fully saturated rings. The summed E-state index contributed by atoms with van der Waals surface area (Å²) in [6, 6.07) is 3.84. The first-order valence-corrected chi connectivity index (χ1v) is 8.38. The van der Waals surface area contributed by atoms with Gasteiger partial charge in [-0.3, -0.25) is 0 Å². The summed E-state index contributed by atoms with van der Waals surface area (Å²) < 4.78 is 28.8. The van der Waals surface area contributed by atoms with Crippen LogP contribution in [0.3, 0.4) is 0 Å². The van der Waals surface area contributed by atoms with Crippen LogP contribution >= 0.6 is 0 Å². The Morgan fingerprint density at radius 1 is 1.37 bits per heavy atom. The van der Waals surface area contributed by atoms with Gasteiger partial charge in [-0.2, -0.15) is 0 Å². The molecule has 0 spiro atoms. The molecule has 1 aliphatic rings. The van der Waals surface area contributed by atoms with E-state index in [2.05, 4.69) is 13.8 Å². The van der Waals surface area contributed by atoms with E-state index in [4.69, 9.17) is 10.5 Å². The fraction of sp³-hybridized carbons (Fsp3) is 0.571. The summed E-state index contributed by atoms with van der Waals surface area (Å²) in [6.45, 7) is 6.07. The Kier molecular flexibility index (Phi) is 3.76. The van der Waals surface area contributed by atoms with Crippen molar-refractivity contribution in [2.45, 2.75) is 39.2 Å². The molecule has 1 atom stereocenters. The van der Waals surface area contributed by atoms with Crippen LogP contribution in [0.25, 0.3) is 0 Å². The van der Waals surface area contributed by atoms with Crippen LogP contribution in [0, 0.1) is 6.92 Å². The Hall–Kier alpha value is -1.23. The van der Waals surface area contributed by atoms with Crippen molar-refractivity contribution >= 4 is 15.5 Å². The quantitative estimate of drug-likeness (QED) is 0.864. The number of aryl methyl sites for hydroxylation is 1. The molecule has 1 unspecified atom stereocenters. The van der Waals surface area contributed by atoms with Gasteiger partial charge in [0.15, 0.2) is 9.84 Å². The monoisotopic (exact) mass is 283 g/mol. The SMILES string of the molecule is Cc1cc(OC2CCS(=O)(=O)C2)c(C(C)C)cc1N. The fourth-order valence-corrected chi connectivity index (χ4v) is 3.89. The summed E-state index contributed by atoms with van der Waals surface area (Å²) in [5, 5.41) is 0. The molecule has 1 aromatic rings. The molecule has 0 amide bonds. The van der Waals surface area contributed by atoms with Crippen molar-refractivity contribution in [3.05, 3.63) is 23.3 Å². The van der Waals surface area contributed by atoms with E-state index in [9.17, 15) is 8.42 Å². The third-order valence-electron chi connectivity index (χ3n) is 3.50. The van der Waals surface area contributed by atoms with Crippen molar-refractivity contribution < 1.29 is 13.2 Å². The summed E-state index contributed by atoms with van der Waals surface area (Å²) in [7, 11) is -2.92. The Labute approximate surface area is 114 Å². The zero-order valence-corrected chi connectivity index (χ0v) is 12.5. The van der Waals surface area contributed by atoms with Gasteiger partial charge in [-0.15, -0.1) is 0 Å². The van der Waals surface area contributed by atoms with Crippen molar-refractivity contribution in [3.63, 3.8) is 0 Å².